The minimum atomic E-state index is -0.0523. The summed E-state index contributed by atoms with van der Waals surface area (Å²) >= 11 is 6.78. The van der Waals surface area contributed by atoms with Gasteiger partial charge >= 0.3 is 0 Å². The third-order valence-corrected chi connectivity index (χ3v) is 6.77. The van der Waals surface area contributed by atoms with Crippen LogP contribution in [0.4, 0.5) is 0 Å². The summed E-state index contributed by atoms with van der Waals surface area (Å²) in [5.74, 6) is 1.63. The Bertz CT molecular complexity index is 1140. The van der Waals surface area contributed by atoms with Crippen molar-refractivity contribution < 1.29 is 14.3 Å². The number of thioether (sulfide) groups is 1. The molecule has 0 N–H and O–H groups in total. The van der Waals surface area contributed by atoms with Crippen LogP contribution >= 0.6 is 24.0 Å². The number of rotatable bonds is 10. The normalized spacial score (nSPS) is 14.6. The number of ether oxygens (including phenoxy) is 2. The highest BCUT2D eigenvalue weighted by atomic mass is 32.2. The lowest BCUT2D eigenvalue weighted by Crippen LogP contribution is -2.27. The van der Waals surface area contributed by atoms with Crippen molar-refractivity contribution in [1.29, 1.82) is 0 Å². The van der Waals surface area contributed by atoms with Gasteiger partial charge in [-0.3, -0.25) is 9.69 Å². The summed E-state index contributed by atoms with van der Waals surface area (Å²) in [6, 6.07) is 25.8. The molecule has 0 saturated carbocycles. The van der Waals surface area contributed by atoms with Crippen molar-refractivity contribution in [1.82, 2.24) is 4.90 Å². The van der Waals surface area contributed by atoms with E-state index in [4.69, 9.17) is 21.7 Å². The van der Waals surface area contributed by atoms with E-state index in [0.29, 0.717) is 29.0 Å². The van der Waals surface area contributed by atoms with Crippen LogP contribution in [0.2, 0.25) is 0 Å². The Kier molecular flexibility index (Phi) is 8.39. The zero-order valence-electron chi connectivity index (χ0n) is 19.1. The molecule has 0 atom stereocenters. The Morgan fingerprint density at radius 1 is 0.853 bits per heavy atom. The maximum Gasteiger partial charge on any atom is 0.266 e. The number of hydrogen-bond acceptors (Lipinski definition) is 5. The fourth-order valence-corrected chi connectivity index (χ4v) is 4.73. The highest BCUT2D eigenvalue weighted by molar-refractivity contribution is 8.26. The van der Waals surface area contributed by atoms with Crippen LogP contribution in [-0.4, -0.2) is 28.3 Å². The predicted octanol–water partition coefficient (Wildman–Crippen LogP) is 6.50. The highest BCUT2D eigenvalue weighted by Gasteiger charge is 2.31. The summed E-state index contributed by atoms with van der Waals surface area (Å²) in [6.07, 6.45) is 3.70. The Labute approximate surface area is 210 Å². The molecule has 0 radical (unpaired) electrons. The largest absolute Gasteiger partial charge is 0.493 e. The minimum Gasteiger partial charge on any atom is -0.493 e. The molecule has 34 heavy (non-hydrogen) atoms. The van der Waals surface area contributed by atoms with Gasteiger partial charge in [0.2, 0.25) is 0 Å². The van der Waals surface area contributed by atoms with E-state index in [9.17, 15) is 4.79 Å². The maximum absolute atomic E-state index is 12.8. The summed E-state index contributed by atoms with van der Waals surface area (Å²) in [6.45, 7) is 3.81. The van der Waals surface area contributed by atoms with Crippen LogP contribution in [0.15, 0.2) is 83.8 Å². The van der Waals surface area contributed by atoms with Gasteiger partial charge in [0, 0.05) is 6.42 Å². The lowest BCUT2D eigenvalue weighted by Gasteiger charge is -2.14. The first kappa shape index (κ1) is 24.0. The second-order valence-corrected chi connectivity index (χ2v) is 9.55. The summed E-state index contributed by atoms with van der Waals surface area (Å²) in [5.41, 5.74) is 3.30. The molecule has 6 heteroatoms. The topological polar surface area (TPSA) is 38.8 Å². The molecule has 0 bridgehead atoms. The van der Waals surface area contributed by atoms with Crippen molar-refractivity contribution in [2.24, 2.45) is 0 Å². The molecule has 0 unspecified atom stereocenters. The zero-order chi connectivity index (χ0) is 23.8. The molecule has 1 fully saturated rings. The van der Waals surface area contributed by atoms with Crippen LogP contribution in [0, 0.1) is 0 Å². The molecule has 1 saturated heterocycles. The maximum atomic E-state index is 12.8. The third-order valence-electron chi connectivity index (χ3n) is 5.39. The van der Waals surface area contributed by atoms with E-state index in [1.807, 2.05) is 72.8 Å². The van der Waals surface area contributed by atoms with Crippen LogP contribution in [0.25, 0.3) is 6.08 Å². The summed E-state index contributed by atoms with van der Waals surface area (Å²) < 4.78 is 12.2. The van der Waals surface area contributed by atoms with Gasteiger partial charge in [-0.1, -0.05) is 85.5 Å². The second kappa shape index (κ2) is 11.9. The summed E-state index contributed by atoms with van der Waals surface area (Å²) in [5, 5.41) is 0. The van der Waals surface area contributed by atoms with Gasteiger partial charge in [0.25, 0.3) is 5.91 Å². The van der Waals surface area contributed by atoms with Crippen molar-refractivity contribution in [2.45, 2.75) is 26.3 Å². The Balaban J connectivity index is 1.24. The smallest absolute Gasteiger partial charge is 0.266 e. The zero-order valence-corrected chi connectivity index (χ0v) is 20.7. The molecule has 174 valence electrons. The molecule has 3 aromatic rings. The molecule has 1 aliphatic rings. The van der Waals surface area contributed by atoms with Gasteiger partial charge in [-0.15, -0.1) is 0 Å². The fourth-order valence-electron chi connectivity index (χ4n) is 3.47. The number of amides is 1. The van der Waals surface area contributed by atoms with Crippen molar-refractivity contribution >= 4 is 40.3 Å². The Hall–Kier alpha value is -3.09. The van der Waals surface area contributed by atoms with E-state index in [1.165, 1.54) is 17.3 Å². The fraction of sp³-hybridized carbons (Fsp3) is 0.214. The van der Waals surface area contributed by atoms with Crippen LogP contribution in [0.1, 0.15) is 30.0 Å². The van der Waals surface area contributed by atoms with E-state index >= 15 is 0 Å². The predicted molar refractivity (Wildman–Crippen MR) is 143 cm³/mol. The average Bonchev–Trinajstić information content (AvgIpc) is 3.13. The van der Waals surface area contributed by atoms with Crippen molar-refractivity contribution in [3.05, 3.63) is 100 Å². The van der Waals surface area contributed by atoms with Gasteiger partial charge in [-0.2, -0.15) is 0 Å². The number of aryl methyl sites for hydroxylation is 1. The van der Waals surface area contributed by atoms with Crippen LogP contribution in [0.3, 0.4) is 0 Å². The van der Waals surface area contributed by atoms with Gasteiger partial charge in [0.15, 0.2) is 0 Å². The van der Waals surface area contributed by atoms with Crippen molar-refractivity contribution in [3.63, 3.8) is 0 Å². The van der Waals surface area contributed by atoms with E-state index in [1.54, 1.807) is 4.90 Å². The van der Waals surface area contributed by atoms with E-state index in [0.717, 1.165) is 35.5 Å². The van der Waals surface area contributed by atoms with Crippen LogP contribution < -0.4 is 9.47 Å². The third kappa shape index (κ3) is 6.49. The van der Waals surface area contributed by atoms with Gasteiger partial charge in [0.1, 0.15) is 15.8 Å². The number of carbonyl (C=O) groups excluding carboxylic acids is 1. The SMILES string of the molecule is CCc1ccc(OCCCOc2ccc(/C=C3/SC(=S)N(Cc4ccccc4)C3=O)cc2)cc1. The Morgan fingerprint density at radius 3 is 2.09 bits per heavy atom. The van der Waals surface area contributed by atoms with Gasteiger partial charge < -0.3 is 9.47 Å². The molecule has 4 nitrogen and oxygen atoms in total. The lowest BCUT2D eigenvalue weighted by atomic mass is 10.2. The highest BCUT2D eigenvalue weighted by Crippen LogP contribution is 2.33. The van der Waals surface area contributed by atoms with Gasteiger partial charge in [-0.05, 0) is 53.5 Å². The molecule has 0 spiro atoms. The second-order valence-electron chi connectivity index (χ2n) is 7.87. The van der Waals surface area contributed by atoms with Gasteiger partial charge in [0.05, 0.1) is 24.7 Å². The molecule has 0 aromatic heterocycles. The minimum absolute atomic E-state index is 0.0523. The summed E-state index contributed by atoms with van der Waals surface area (Å²) in [7, 11) is 0. The van der Waals surface area contributed by atoms with Gasteiger partial charge in [-0.25, -0.2) is 0 Å². The number of nitrogens with zero attached hydrogens (tertiary/aromatic N) is 1. The number of hydrogen-bond donors (Lipinski definition) is 0. The summed E-state index contributed by atoms with van der Waals surface area (Å²) in [4.78, 5) is 15.1. The molecule has 4 rings (SSSR count). The van der Waals surface area contributed by atoms with E-state index < -0.39 is 0 Å². The van der Waals surface area contributed by atoms with Crippen LogP contribution in [-0.2, 0) is 17.8 Å². The quantitative estimate of drug-likeness (QED) is 0.185. The first-order valence-corrected chi connectivity index (χ1v) is 12.6. The molecule has 1 aliphatic heterocycles. The number of carbonyl (C=O) groups is 1. The standard InChI is InChI=1S/C28H27NO3S2/c1-2-21-9-13-24(14-10-21)31-17-6-18-32-25-15-11-22(12-16-25)19-26-27(30)29(28(33)34-26)20-23-7-4-3-5-8-23/h3-5,7-16,19H,2,6,17-18,20H2,1H3/b26-19+. The average molecular weight is 490 g/mol. The molecule has 1 amide bonds. The molecular formula is C28H27NO3S2. The van der Waals surface area contributed by atoms with Crippen molar-refractivity contribution in [2.75, 3.05) is 13.2 Å². The Morgan fingerprint density at radius 2 is 1.47 bits per heavy atom. The first-order chi connectivity index (χ1) is 16.6. The first-order valence-electron chi connectivity index (χ1n) is 11.4. The number of benzene rings is 3. The van der Waals surface area contributed by atoms with Crippen molar-refractivity contribution in [3.8, 4) is 11.5 Å². The molecular weight excluding hydrogens is 462 g/mol. The molecule has 3 aromatic carbocycles. The van der Waals surface area contributed by atoms with Crippen LogP contribution in [0.5, 0.6) is 11.5 Å². The number of thiocarbonyl (C=S) groups is 1. The van der Waals surface area contributed by atoms with E-state index in [-0.39, 0.29) is 5.91 Å². The van der Waals surface area contributed by atoms with E-state index in [2.05, 4.69) is 19.1 Å². The molecule has 1 heterocycles. The molecule has 0 aliphatic carbocycles. The monoisotopic (exact) mass is 489 g/mol. The lowest BCUT2D eigenvalue weighted by molar-refractivity contribution is -0.122.